The Morgan fingerprint density at radius 3 is 2.64 bits per heavy atom. The van der Waals surface area contributed by atoms with Gasteiger partial charge in [0.05, 0.1) is 4.92 Å². The smallest absolute Gasteiger partial charge is 0.292 e. The fraction of sp³-hybridized carbons (Fsp3) is 0.412. The van der Waals surface area contributed by atoms with Crippen LogP contribution in [0.3, 0.4) is 0 Å². The predicted molar refractivity (Wildman–Crippen MR) is 89.4 cm³/mol. The van der Waals surface area contributed by atoms with Crippen molar-refractivity contribution in [1.82, 2.24) is 4.90 Å². The minimum atomic E-state index is -0.310. The number of nitrogens with zero attached hydrogens (tertiary/aromatic N) is 2. The van der Waals surface area contributed by atoms with Gasteiger partial charge >= 0.3 is 0 Å². The van der Waals surface area contributed by atoms with E-state index in [1.165, 1.54) is 19.3 Å². The molecule has 3 rings (SSSR count). The average Bonchev–Trinajstić information content (AvgIpc) is 2.55. The van der Waals surface area contributed by atoms with Crippen LogP contribution in [0.2, 0.25) is 0 Å². The summed E-state index contributed by atoms with van der Waals surface area (Å²) in [6, 6.07) is 11.2. The first-order valence-corrected chi connectivity index (χ1v) is 7.88. The molecule has 1 aliphatic heterocycles. The largest absolute Gasteiger partial charge is 0.378 e. The Morgan fingerprint density at radius 1 is 1.09 bits per heavy atom. The Morgan fingerprint density at radius 2 is 1.86 bits per heavy atom. The van der Waals surface area contributed by atoms with Gasteiger partial charge in [-0.1, -0.05) is 30.7 Å². The molecule has 2 aromatic carbocycles. The number of nitrogens with one attached hydrogen (secondary N) is 1. The summed E-state index contributed by atoms with van der Waals surface area (Å²) in [7, 11) is 0. The van der Waals surface area contributed by atoms with E-state index in [0.29, 0.717) is 5.69 Å². The molecule has 0 atom stereocenters. The summed E-state index contributed by atoms with van der Waals surface area (Å²) in [6.07, 6.45) is 3.83. The predicted octanol–water partition coefficient (Wildman–Crippen LogP) is 3.65. The number of benzene rings is 2. The van der Waals surface area contributed by atoms with E-state index in [1.54, 1.807) is 6.07 Å². The fourth-order valence-electron chi connectivity index (χ4n) is 3.12. The van der Waals surface area contributed by atoms with Crippen molar-refractivity contribution in [1.29, 1.82) is 0 Å². The Bertz CT molecular complexity index is 666. The lowest BCUT2D eigenvalue weighted by atomic mass is 10.1. The number of hydrogen-bond donors (Lipinski definition) is 1. The first-order chi connectivity index (χ1) is 10.8. The second-order valence-electron chi connectivity index (χ2n) is 5.77. The van der Waals surface area contributed by atoms with Crippen LogP contribution in [-0.4, -0.2) is 36.0 Å². The van der Waals surface area contributed by atoms with Crippen molar-refractivity contribution in [2.75, 3.05) is 31.5 Å². The lowest BCUT2D eigenvalue weighted by molar-refractivity contribution is -0.383. The first kappa shape index (κ1) is 14.8. The highest BCUT2D eigenvalue weighted by Crippen LogP contribution is 2.32. The van der Waals surface area contributed by atoms with Crippen LogP contribution in [-0.2, 0) is 0 Å². The van der Waals surface area contributed by atoms with E-state index in [4.69, 9.17) is 0 Å². The molecule has 5 nitrogen and oxygen atoms in total. The van der Waals surface area contributed by atoms with Crippen molar-refractivity contribution >= 4 is 22.1 Å². The van der Waals surface area contributed by atoms with Crippen LogP contribution in [0.15, 0.2) is 36.4 Å². The molecule has 1 N–H and O–H groups in total. The Kier molecular flexibility index (Phi) is 4.53. The molecule has 1 heterocycles. The molecule has 1 aliphatic rings. The maximum Gasteiger partial charge on any atom is 0.292 e. The molecule has 0 aliphatic carbocycles. The molecule has 0 aromatic heterocycles. The van der Waals surface area contributed by atoms with Crippen molar-refractivity contribution in [3.8, 4) is 0 Å². The number of nitro groups is 1. The highest BCUT2D eigenvalue weighted by atomic mass is 16.6. The second-order valence-corrected chi connectivity index (χ2v) is 5.77. The minimum absolute atomic E-state index is 0.150. The lowest BCUT2D eigenvalue weighted by Gasteiger charge is -2.26. The molecular formula is C17H21N3O2. The molecule has 0 unspecified atom stereocenters. The molecule has 22 heavy (non-hydrogen) atoms. The van der Waals surface area contributed by atoms with Crippen LogP contribution in [0.5, 0.6) is 0 Å². The van der Waals surface area contributed by atoms with E-state index < -0.39 is 0 Å². The number of likely N-dealkylation sites (tertiary alicyclic amines) is 1. The van der Waals surface area contributed by atoms with Gasteiger partial charge in [-0.05, 0) is 37.4 Å². The van der Waals surface area contributed by atoms with Crippen molar-refractivity contribution in [2.45, 2.75) is 19.3 Å². The average molecular weight is 299 g/mol. The second kappa shape index (κ2) is 6.75. The molecule has 5 heteroatoms. The molecule has 0 radical (unpaired) electrons. The lowest BCUT2D eigenvalue weighted by Crippen LogP contribution is -2.33. The quantitative estimate of drug-likeness (QED) is 0.676. The van der Waals surface area contributed by atoms with E-state index in [1.807, 2.05) is 30.3 Å². The number of nitro benzene ring substituents is 1. The number of hydrogen-bond acceptors (Lipinski definition) is 4. The van der Waals surface area contributed by atoms with Crippen LogP contribution in [0.25, 0.3) is 10.8 Å². The summed E-state index contributed by atoms with van der Waals surface area (Å²) in [5, 5.41) is 16.5. The van der Waals surface area contributed by atoms with Gasteiger partial charge in [-0.2, -0.15) is 0 Å². The third-order valence-corrected chi connectivity index (χ3v) is 4.28. The highest BCUT2D eigenvalue weighted by molar-refractivity contribution is 5.98. The summed E-state index contributed by atoms with van der Waals surface area (Å²) in [5.74, 6) is 0. The van der Waals surface area contributed by atoms with E-state index in [0.717, 1.165) is 37.0 Å². The van der Waals surface area contributed by atoms with Crippen LogP contribution in [0, 0.1) is 10.1 Å². The molecule has 116 valence electrons. The Balaban J connectivity index is 1.78. The van der Waals surface area contributed by atoms with Gasteiger partial charge in [0.1, 0.15) is 5.69 Å². The van der Waals surface area contributed by atoms with Crippen LogP contribution >= 0.6 is 0 Å². The molecule has 2 aromatic rings. The zero-order valence-electron chi connectivity index (χ0n) is 12.6. The van der Waals surface area contributed by atoms with Gasteiger partial charge < -0.3 is 10.2 Å². The van der Waals surface area contributed by atoms with E-state index >= 15 is 0 Å². The number of fused-ring (bicyclic) bond motifs is 1. The van der Waals surface area contributed by atoms with Crippen molar-refractivity contribution in [2.24, 2.45) is 0 Å². The van der Waals surface area contributed by atoms with Gasteiger partial charge in [0.25, 0.3) is 5.69 Å². The molecule has 0 bridgehead atoms. The number of anilines is 1. The van der Waals surface area contributed by atoms with Gasteiger partial charge in [0.15, 0.2) is 0 Å². The summed E-state index contributed by atoms with van der Waals surface area (Å²) in [4.78, 5) is 13.4. The van der Waals surface area contributed by atoms with Gasteiger partial charge in [-0.15, -0.1) is 0 Å². The van der Waals surface area contributed by atoms with Crippen LogP contribution < -0.4 is 5.32 Å². The summed E-state index contributed by atoms with van der Waals surface area (Å²) in [6.45, 7) is 3.94. The third kappa shape index (κ3) is 3.20. The first-order valence-electron chi connectivity index (χ1n) is 7.88. The van der Waals surface area contributed by atoms with Gasteiger partial charge in [-0.25, -0.2) is 0 Å². The monoisotopic (exact) mass is 299 g/mol. The SMILES string of the molecule is O=[N+]([O-])c1ccc2ccccc2c1NCCN1CCCCC1. The Labute approximate surface area is 130 Å². The topological polar surface area (TPSA) is 58.4 Å². The molecule has 1 fully saturated rings. The maximum absolute atomic E-state index is 11.3. The maximum atomic E-state index is 11.3. The zero-order chi connectivity index (χ0) is 15.4. The summed E-state index contributed by atoms with van der Waals surface area (Å²) >= 11 is 0. The summed E-state index contributed by atoms with van der Waals surface area (Å²) < 4.78 is 0. The van der Waals surface area contributed by atoms with Crippen LogP contribution in [0.4, 0.5) is 11.4 Å². The normalized spacial score (nSPS) is 15.8. The Hall–Kier alpha value is -2.14. The minimum Gasteiger partial charge on any atom is -0.378 e. The standard InChI is InChI=1S/C17H21N3O2/c21-20(22)16-9-8-14-6-2-3-7-15(14)17(16)18-10-13-19-11-4-1-5-12-19/h2-3,6-9,18H,1,4-5,10-13H2. The van der Waals surface area contributed by atoms with Crippen LogP contribution in [0.1, 0.15) is 19.3 Å². The summed E-state index contributed by atoms with van der Waals surface area (Å²) in [5.41, 5.74) is 0.789. The van der Waals surface area contributed by atoms with Crippen molar-refractivity contribution in [3.63, 3.8) is 0 Å². The molecule has 0 amide bonds. The van der Waals surface area contributed by atoms with Crippen molar-refractivity contribution < 1.29 is 4.92 Å². The number of piperidine rings is 1. The van der Waals surface area contributed by atoms with E-state index in [2.05, 4.69) is 10.2 Å². The zero-order valence-corrected chi connectivity index (χ0v) is 12.6. The number of rotatable bonds is 5. The molecule has 0 spiro atoms. The molecule has 0 saturated carbocycles. The van der Waals surface area contributed by atoms with Gasteiger partial charge in [0, 0.05) is 24.5 Å². The fourth-order valence-corrected chi connectivity index (χ4v) is 3.12. The third-order valence-electron chi connectivity index (χ3n) is 4.28. The molecule has 1 saturated heterocycles. The molecular weight excluding hydrogens is 278 g/mol. The van der Waals surface area contributed by atoms with Crippen molar-refractivity contribution in [3.05, 3.63) is 46.5 Å². The van der Waals surface area contributed by atoms with E-state index in [9.17, 15) is 10.1 Å². The van der Waals surface area contributed by atoms with E-state index in [-0.39, 0.29) is 10.6 Å². The van der Waals surface area contributed by atoms with Gasteiger partial charge in [0.2, 0.25) is 0 Å². The highest BCUT2D eigenvalue weighted by Gasteiger charge is 2.17. The van der Waals surface area contributed by atoms with Gasteiger partial charge in [-0.3, -0.25) is 10.1 Å².